The number of carbonyl (C=O) groups excluding carboxylic acids is 1. The number of non-ortho nitro benzene ring substituents is 1. The molecular weight excluding hydrogens is 466 g/mol. The molecule has 178 valence electrons. The molecule has 2 N–H and O–H groups in total. The lowest BCUT2D eigenvalue weighted by Gasteiger charge is -2.18. The molecule has 0 bridgehead atoms. The molecule has 0 radical (unpaired) electrons. The first kappa shape index (κ1) is 25.4. The van der Waals surface area contributed by atoms with Gasteiger partial charge < -0.3 is 15.2 Å². The molecule has 2 aromatic rings. The van der Waals surface area contributed by atoms with E-state index < -0.39 is 64.0 Å². The summed E-state index contributed by atoms with van der Waals surface area (Å²) in [6.07, 6.45) is -11.0. The number of nitrogens with zero attached hydrogens (tertiary/aromatic N) is 1. The van der Waals surface area contributed by atoms with E-state index >= 15 is 0 Å². The summed E-state index contributed by atoms with van der Waals surface area (Å²) < 4.78 is 83.0. The van der Waals surface area contributed by atoms with Gasteiger partial charge in [-0.2, -0.15) is 26.3 Å². The van der Waals surface area contributed by atoms with Crippen molar-refractivity contribution in [3.63, 3.8) is 0 Å². The second-order valence-electron chi connectivity index (χ2n) is 6.62. The first-order valence-corrected chi connectivity index (χ1v) is 8.78. The molecule has 0 aliphatic rings. The van der Waals surface area contributed by atoms with Crippen LogP contribution in [0.1, 0.15) is 27.0 Å². The van der Waals surface area contributed by atoms with E-state index in [2.05, 4.69) is 0 Å². The summed E-state index contributed by atoms with van der Waals surface area (Å²) in [5, 5.41) is 22.2. The Balaban J connectivity index is 2.42. The molecular formula is C19H14F6N2O6. The lowest BCUT2D eigenvalue weighted by atomic mass is 10.0. The number of aliphatic carboxylic acids is 1. The van der Waals surface area contributed by atoms with E-state index in [-0.39, 0.29) is 29.5 Å². The molecule has 0 saturated heterocycles. The van der Waals surface area contributed by atoms with Crippen LogP contribution < -0.4 is 10.1 Å². The number of amides is 1. The fraction of sp³-hybridized carbons (Fsp3) is 0.263. The van der Waals surface area contributed by atoms with Crippen LogP contribution in [0, 0.1) is 10.1 Å². The van der Waals surface area contributed by atoms with Crippen LogP contribution in [-0.2, 0) is 23.6 Å². The summed E-state index contributed by atoms with van der Waals surface area (Å²) in [6, 6.07) is 1.45. The zero-order valence-corrected chi connectivity index (χ0v) is 16.5. The van der Waals surface area contributed by atoms with E-state index in [9.17, 15) is 51.2 Å². The molecule has 1 amide bonds. The van der Waals surface area contributed by atoms with Gasteiger partial charge in [0.25, 0.3) is 11.6 Å². The molecule has 1 atom stereocenters. The summed E-state index contributed by atoms with van der Waals surface area (Å²) in [7, 11) is 1.18. The number of alkyl halides is 6. The van der Waals surface area contributed by atoms with E-state index in [1.165, 1.54) is 7.11 Å². The summed E-state index contributed by atoms with van der Waals surface area (Å²) in [6.45, 7) is 0. The minimum atomic E-state index is -5.21. The van der Waals surface area contributed by atoms with Crippen molar-refractivity contribution in [3.05, 3.63) is 68.8 Å². The summed E-state index contributed by atoms with van der Waals surface area (Å²) in [5.41, 5.74) is -5.06. The zero-order valence-electron chi connectivity index (χ0n) is 16.5. The number of carbonyl (C=O) groups is 2. The smallest absolute Gasteiger partial charge is 0.416 e. The van der Waals surface area contributed by atoms with Crippen molar-refractivity contribution >= 4 is 17.6 Å². The minimum absolute atomic E-state index is 0.0134. The Morgan fingerprint density at radius 1 is 1.06 bits per heavy atom. The highest BCUT2D eigenvalue weighted by Gasteiger charge is 2.38. The molecule has 14 heteroatoms. The monoisotopic (exact) mass is 480 g/mol. The van der Waals surface area contributed by atoms with Crippen LogP contribution in [0.4, 0.5) is 32.0 Å². The lowest BCUT2D eigenvalue weighted by molar-refractivity contribution is -0.384. The van der Waals surface area contributed by atoms with Gasteiger partial charge in [-0.05, 0) is 24.3 Å². The van der Waals surface area contributed by atoms with Crippen LogP contribution in [0.3, 0.4) is 0 Å². The molecule has 2 aromatic carbocycles. The Labute approximate surface area is 180 Å². The molecule has 0 heterocycles. The average Bonchev–Trinajstić information content (AvgIpc) is 2.71. The SMILES string of the molecule is COc1ccc([N+](=O)[O-])cc1C[C@@H](NC(=O)c1cc(C(F)(F)F)cc(C(F)(F)F)c1)C(=O)O. The van der Waals surface area contributed by atoms with Crippen molar-refractivity contribution in [1.29, 1.82) is 0 Å². The number of nitro benzene ring substituents is 1. The largest absolute Gasteiger partial charge is 0.496 e. The summed E-state index contributed by atoms with van der Waals surface area (Å²) >= 11 is 0. The molecule has 2 rings (SSSR count). The highest BCUT2D eigenvalue weighted by atomic mass is 19.4. The third kappa shape index (κ3) is 6.33. The van der Waals surface area contributed by atoms with Gasteiger partial charge in [0, 0.05) is 29.7 Å². The molecule has 0 saturated carbocycles. The van der Waals surface area contributed by atoms with Crippen LogP contribution >= 0.6 is 0 Å². The maximum absolute atomic E-state index is 13.0. The van der Waals surface area contributed by atoms with Gasteiger partial charge in [-0.3, -0.25) is 14.9 Å². The normalized spacial score (nSPS) is 12.7. The number of carboxylic acid groups (broad SMARTS) is 1. The number of hydrogen-bond donors (Lipinski definition) is 2. The third-order valence-corrected chi connectivity index (χ3v) is 4.35. The van der Waals surface area contributed by atoms with E-state index in [4.69, 9.17) is 4.74 Å². The van der Waals surface area contributed by atoms with Gasteiger partial charge in [0.15, 0.2) is 0 Å². The Kier molecular flexibility index (Phi) is 7.19. The van der Waals surface area contributed by atoms with E-state index in [0.717, 1.165) is 18.2 Å². The van der Waals surface area contributed by atoms with Crippen molar-refractivity contribution < 1.29 is 50.7 Å². The highest BCUT2D eigenvalue weighted by Crippen LogP contribution is 2.36. The fourth-order valence-electron chi connectivity index (χ4n) is 2.79. The van der Waals surface area contributed by atoms with Crippen LogP contribution in [0.15, 0.2) is 36.4 Å². The Morgan fingerprint density at radius 3 is 2.03 bits per heavy atom. The second kappa shape index (κ2) is 9.34. The predicted octanol–water partition coefficient (Wildman–Crippen LogP) is 4.07. The summed E-state index contributed by atoms with van der Waals surface area (Å²) in [5.74, 6) is -3.21. The average molecular weight is 480 g/mol. The number of benzene rings is 2. The molecule has 0 spiro atoms. The van der Waals surface area contributed by atoms with E-state index in [1.807, 2.05) is 5.32 Å². The highest BCUT2D eigenvalue weighted by molar-refractivity contribution is 5.97. The molecule has 0 fully saturated rings. The minimum Gasteiger partial charge on any atom is -0.496 e. The number of ether oxygens (including phenoxy) is 1. The molecule has 0 aliphatic carbocycles. The number of nitro groups is 1. The van der Waals surface area contributed by atoms with Crippen molar-refractivity contribution in [3.8, 4) is 5.75 Å². The maximum Gasteiger partial charge on any atom is 0.416 e. The quantitative estimate of drug-likeness (QED) is 0.351. The molecule has 0 unspecified atom stereocenters. The van der Waals surface area contributed by atoms with Crippen LogP contribution in [-0.4, -0.2) is 35.1 Å². The van der Waals surface area contributed by atoms with Gasteiger partial charge in [0.1, 0.15) is 11.8 Å². The van der Waals surface area contributed by atoms with Gasteiger partial charge in [-0.15, -0.1) is 0 Å². The van der Waals surface area contributed by atoms with Gasteiger partial charge >= 0.3 is 18.3 Å². The number of rotatable bonds is 7. The number of carboxylic acids is 1. The van der Waals surface area contributed by atoms with Crippen molar-refractivity contribution in [2.24, 2.45) is 0 Å². The molecule has 0 aromatic heterocycles. The maximum atomic E-state index is 13.0. The summed E-state index contributed by atoms with van der Waals surface area (Å²) in [4.78, 5) is 34.2. The number of hydrogen-bond acceptors (Lipinski definition) is 5. The number of halogens is 6. The Bertz CT molecular complexity index is 1050. The van der Waals surface area contributed by atoms with E-state index in [1.54, 1.807) is 0 Å². The fourth-order valence-corrected chi connectivity index (χ4v) is 2.79. The predicted molar refractivity (Wildman–Crippen MR) is 98.7 cm³/mol. The van der Waals surface area contributed by atoms with Crippen LogP contribution in [0.25, 0.3) is 0 Å². The van der Waals surface area contributed by atoms with Crippen LogP contribution in [0.5, 0.6) is 5.75 Å². The second-order valence-corrected chi connectivity index (χ2v) is 6.62. The van der Waals surface area contributed by atoms with Crippen molar-refractivity contribution in [2.75, 3.05) is 7.11 Å². The molecule has 8 nitrogen and oxygen atoms in total. The van der Waals surface area contributed by atoms with Gasteiger partial charge in [0.2, 0.25) is 0 Å². The number of methoxy groups -OCH3 is 1. The lowest BCUT2D eigenvalue weighted by Crippen LogP contribution is -2.42. The van der Waals surface area contributed by atoms with Gasteiger partial charge in [-0.1, -0.05) is 0 Å². The first-order valence-electron chi connectivity index (χ1n) is 8.78. The van der Waals surface area contributed by atoms with Gasteiger partial charge in [0.05, 0.1) is 23.2 Å². The molecule has 33 heavy (non-hydrogen) atoms. The standard InChI is InChI=1S/C19H14F6N2O6/c1-33-15-3-2-13(27(31)32)6-9(15)7-14(17(29)30)26-16(28)10-4-11(18(20,21)22)8-12(5-10)19(23,24)25/h2-6,8,14H,7H2,1H3,(H,26,28)(H,29,30)/t14-/m1/s1. The molecule has 0 aliphatic heterocycles. The van der Waals surface area contributed by atoms with Gasteiger partial charge in [-0.25, -0.2) is 4.79 Å². The first-order chi connectivity index (χ1) is 15.1. The van der Waals surface area contributed by atoms with E-state index in [0.29, 0.717) is 0 Å². The third-order valence-electron chi connectivity index (χ3n) is 4.35. The topological polar surface area (TPSA) is 119 Å². The number of nitrogens with one attached hydrogen (secondary N) is 1. The van der Waals surface area contributed by atoms with Crippen molar-refractivity contribution in [1.82, 2.24) is 5.32 Å². The Hall–Kier alpha value is -3.84. The zero-order chi connectivity index (χ0) is 25.1. The van der Waals surface area contributed by atoms with Crippen LogP contribution in [0.2, 0.25) is 0 Å². The Morgan fingerprint density at radius 2 is 1.61 bits per heavy atom. The van der Waals surface area contributed by atoms with Crippen molar-refractivity contribution in [2.45, 2.75) is 24.8 Å².